The lowest BCUT2D eigenvalue weighted by Crippen LogP contribution is -2.35. The van der Waals surface area contributed by atoms with Gasteiger partial charge in [0.05, 0.1) is 18.7 Å². The maximum absolute atomic E-state index is 12.1. The molecule has 1 aliphatic carbocycles. The molecule has 2 rings (SSSR count). The smallest absolute Gasteiger partial charge is 0.303 e. The fraction of sp³-hybridized carbons (Fsp3) is 0.643. The van der Waals surface area contributed by atoms with E-state index >= 15 is 0 Å². The minimum absolute atomic E-state index is 0.0808. The number of nitrogens with one attached hydrogen (secondary N) is 2. The van der Waals surface area contributed by atoms with Crippen LogP contribution in [0.3, 0.4) is 0 Å². The molecule has 0 aromatic carbocycles. The predicted molar refractivity (Wildman–Crippen MR) is 72.8 cm³/mol. The molecule has 1 aromatic heterocycles. The second-order valence-electron chi connectivity index (χ2n) is 5.67. The van der Waals surface area contributed by atoms with Crippen LogP contribution in [0.2, 0.25) is 0 Å². The SMILES string of the molecule is O=C(O)CC1(CC(=O)NCc2ccn[nH]2)CCCCC1. The van der Waals surface area contributed by atoms with E-state index in [1.165, 1.54) is 0 Å². The predicted octanol–water partition coefficient (Wildman–Crippen LogP) is 1.84. The summed E-state index contributed by atoms with van der Waals surface area (Å²) in [6, 6.07) is 1.80. The van der Waals surface area contributed by atoms with Crippen molar-refractivity contribution in [2.75, 3.05) is 0 Å². The molecule has 1 amide bonds. The van der Waals surface area contributed by atoms with Gasteiger partial charge in [-0.25, -0.2) is 0 Å². The Bertz CT molecular complexity index is 450. The zero-order valence-corrected chi connectivity index (χ0v) is 11.5. The van der Waals surface area contributed by atoms with E-state index in [4.69, 9.17) is 5.11 Å². The van der Waals surface area contributed by atoms with Crippen LogP contribution in [-0.2, 0) is 16.1 Å². The molecule has 0 bridgehead atoms. The average Bonchev–Trinajstić information content (AvgIpc) is 2.89. The van der Waals surface area contributed by atoms with Crippen molar-refractivity contribution in [2.24, 2.45) is 5.41 Å². The highest BCUT2D eigenvalue weighted by atomic mass is 16.4. The number of rotatable bonds is 6. The summed E-state index contributed by atoms with van der Waals surface area (Å²) in [6.45, 7) is 0.405. The molecule has 1 aromatic rings. The van der Waals surface area contributed by atoms with E-state index < -0.39 is 5.97 Å². The van der Waals surface area contributed by atoms with Crippen molar-refractivity contribution >= 4 is 11.9 Å². The van der Waals surface area contributed by atoms with Gasteiger partial charge in [0.15, 0.2) is 0 Å². The van der Waals surface area contributed by atoms with Gasteiger partial charge in [-0.2, -0.15) is 5.10 Å². The highest BCUT2D eigenvalue weighted by Gasteiger charge is 2.36. The molecule has 6 heteroatoms. The van der Waals surface area contributed by atoms with Gasteiger partial charge in [0.25, 0.3) is 0 Å². The number of carboxylic acid groups (broad SMARTS) is 1. The molecule has 20 heavy (non-hydrogen) atoms. The minimum Gasteiger partial charge on any atom is -0.481 e. The van der Waals surface area contributed by atoms with Crippen LogP contribution in [0.1, 0.15) is 50.6 Å². The molecular formula is C14H21N3O3. The highest BCUT2D eigenvalue weighted by Crippen LogP contribution is 2.42. The van der Waals surface area contributed by atoms with Gasteiger partial charge in [0.1, 0.15) is 0 Å². The highest BCUT2D eigenvalue weighted by molar-refractivity contribution is 5.78. The van der Waals surface area contributed by atoms with Crippen LogP contribution < -0.4 is 5.32 Å². The maximum Gasteiger partial charge on any atom is 0.303 e. The summed E-state index contributed by atoms with van der Waals surface area (Å²) in [4.78, 5) is 23.1. The molecule has 110 valence electrons. The van der Waals surface area contributed by atoms with Crippen LogP contribution in [0.4, 0.5) is 0 Å². The molecule has 1 aliphatic rings. The fourth-order valence-electron chi connectivity index (χ4n) is 3.02. The number of amides is 1. The summed E-state index contributed by atoms with van der Waals surface area (Å²) in [5.74, 6) is -0.893. The third-order valence-corrected chi connectivity index (χ3v) is 4.01. The molecule has 0 spiro atoms. The van der Waals surface area contributed by atoms with Crippen molar-refractivity contribution in [3.05, 3.63) is 18.0 Å². The summed E-state index contributed by atoms with van der Waals surface area (Å²) in [6.07, 6.45) is 6.85. The van der Waals surface area contributed by atoms with Crippen molar-refractivity contribution in [3.8, 4) is 0 Å². The summed E-state index contributed by atoms with van der Waals surface area (Å²) < 4.78 is 0. The number of H-pyrrole nitrogens is 1. The number of hydrogen-bond acceptors (Lipinski definition) is 3. The lowest BCUT2D eigenvalue weighted by atomic mass is 9.69. The summed E-state index contributed by atoms with van der Waals surface area (Å²) in [7, 11) is 0. The zero-order chi connectivity index (χ0) is 14.4. The number of carbonyl (C=O) groups is 2. The maximum atomic E-state index is 12.1. The van der Waals surface area contributed by atoms with Crippen LogP contribution >= 0.6 is 0 Å². The first-order chi connectivity index (χ1) is 9.60. The van der Waals surface area contributed by atoms with Crippen LogP contribution in [0.5, 0.6) is 0 Å². The van der Waals surface area contributed by atoms with E-state index in [9.17, 15) is 9.59 Å². The number of aromatic nitrogens is 2. The van der Waals surface area contributed by atoms with Crippen molar-refractivity contribution < 1.29 is 14.7 Å². The Balaban J connectivity index is 1.89. The summed E-state index contributed by atoms with van der Waals surface area (Å²) in [5.41, 5.74) is 0.483. The summed E-state index contributed by atoms with van der Waals surface area (Å²) in [5, 5.41) is 18.5. The average molecular weight is 279 g/mol. The molecular weight excluding hydrogens is 258 g/mol. The number of aliphatic carboxylic acids is 1. The van der Waals surface area contributed by atoms with Crippen LogP contribution in [-0.4, -0.2) is 27.2 Å². The molecule has 0 atom stereocenters. The zero-order valence-electron chi connectivity index (χ0n) is 11.5. The van der Waals surface area contributed by atoms with Crippen molar-refractivity contribution in [1.82, 2.24) is 15.5 Å². The van der Waals surface area contributed by atoms with Gasteiger partial charge in [-0.15, -0.1) is 0 Å². The Morgan fingerprint density at radius 1 is 1.30 bits per heavy atom. The standard InChI is InChI=1S/C14H21N3O3/c18-12(15-10-11-4-7-16-17-11)8-14(9-13(19)20)5-2-1-3-6-14/h4,7H,1-3,5-6,8-10H2,(H,15,18)(H,16,17)(H,19,20). The van der Waals surface area contributed by atoms with Gasteiger partial charge in [0.2, 0.25) is 5.91 Å². The van der Waals surface area contributed by atoms with Gasteiger partial charge in [-0.3, -0.25) is 14.7 Å². The number of aromatic amines is 1. The number of carboxylic acids is 1. The monoisotopic (exact) mass is 279 g/mol. The van der Waals surface area contributed by atoms with E-state index in [0.29, 0.717) is 13.0 Å². The first-order valence-corrected chi connectivity index (χ1v) is 7.06. The first kappa shape index (κ1) is 14.6. The number of carbonyl (C=O) groups excluding carboxylic acids is 1. The Morgan fingerprint density at radius 2 is 2.05 bits per heavy atom. The van der Waals surface area contributed by atoms with Crippen molar-refractivity contribution in [3.63, 3.8) is 0 Å². The van der Waals surface area contributed by atoms with E-state index in [0.717, 1.165) is 37.8 Å². The topological polar surface area (TPSA) is 95.1 Å². The molecule has 1 saturated carbocycles. The van der Waals surface area contributed by atoms with Gasteiger partial charge in [-0.05, 0) is 24.3 Å². The van der Waals surface area contributed by atoms with Gasteiger partial charge in [0, 0.05) is 12.6 Å². The molecule has 3 N–H and O–H groups in total. The molecule has 0 radical (unpaired) electrons. The first-order valence-electron chi connectivity index (χ1n) is 7.06. The Hall–Kier alpha value is -1.85. The lowest BCUT2D eigenvalue weighted by Gasteiger charge is -2.35. The van der Waals surface area contributed by atoms with Crippen LogP contribution in [0.15, 0.2) is 12.3 Å². The van der Waals surface area contributed by atoms with E-state index in [1.807, 2.05) is 0 Å². The lowest BCUT2D eigenvalue weighted by molar-refractivity contribution is -0.141. The van der Waals surface area contributed by atoms with Gasteiger partial charge < -0.3 is 10.4 Å². The van der Waals surface area contributed by atoms with Crippen molar-refractivity contribution in [1.29, 1.82) is 0 Å². The minimum atomic E-state index is -0.812. The number of nitrogens with zero attached hydrogens (tertiary/aromatic N) is 1. The molecule has 0 saturated heterocycles. The molecule has 0 aliphatic heterocycles. The third kappa shape index (κ3) is 4.08. The van der Waals surface area contributed by atoms with Crippen LogP contribution in [0, 0.1) is 5.41 Å². The van der Waals surface area contributed by atoms with E-state index in [2.05, 4.69) is 15.5 Å². The molecule has 0 unspecified atom stereocenters. The molecule has 1 fully saturated rings. The van der Waals surface area contributed by atoms with E-state index in [1.54, 1.807) is 12.3 Å². The molecule has 1 heterocycles. The van der Waals surface area contributed by atoms with Crippen molar-refractivity contribution in [2.45, 2.75) is 51.5 Å². The normalized spacial score (nSPS) is 17.6. The second-order valence-corrected chi connectivity index (χ2v) is 5.67. The Morgan fingerprint density at radius 3 is 2.65 bits per heavy atom. The Kier molecular flexibility index (Phi) is 4.76. The largest absolute Gasteiger partial charge is 0.481 e. The third-order valence-electron chi connectivity index (χ3n) is 4.01. The fourth-order valence-corrected chi connectivity index (χ4v) is 3.02. The molecule has 6 nitrogen and oxygen atoms in total. The van der Waals surface area contributed by atoms with E-state index in [-0.39, 0.29) is 17.7 Å². The quantitative estimate of drug-likeness (QED) is 0.740. The van der Waals surface area contributed by atoms with Crippen LogP contribution in [0.25, 0.3) is 0 Å². The van der Waals surface area contributed by atoms with Gasteiger partial charge in [-0.1, -0.05) is 19.3 Å². The second kappa shape index (κ2) is 6.54. The summed E-state index contributed by atoms with van der Waals surface area (Å²) >= 11 is 0. The van der Waals surface area contributed by atoms with Gasteiger partial charge >= 0.3 is 5.97 Å². The number of hydrogen-bond donors (Lipinski definition) is 3. The Labute approximate surface area is 118 Å².